The molecule has 0 atom stereocenters. The summed E-state index contributed by atoms with van der Waals surface area (Å²) in [6.45, 7) is 1.44. The number of hydrogen-bond acceptors (Lipinski definition) is 4. The van der Waals surface area contributed by atoms with Crippen LogP contribution in [0.3, 0.4) is 0 Å². The van der Waals surface area contributed by atoms with Gasteiger partial charge in [-0.25, -0.2) is 9.97 Å². The largest absolute Gasteiger partial charge is 0.291 e. The van der Waals surface area contributed by atoms with Crippen molar-refractivity contribution in [3.05, 3.63) is 33.9 Å². The van der Waals surface area contributed by atoms with Gasteiger partial charge in [-0.3, -0.25) is 4.79 Å². The minimum Gasteiger partial charge on any atom is -0.291 e. The van der Waals surface area contributed by atoms with Crippen LogP contribution >= 0.6 is 22.9 Å². The van der Waals surface area contributed by atoms with E-state index in [1.807, 2.05) is 11.4 Å². The minimum atomic E-state index is -0.150. The Bertz CT molecular complexity index is 510. The van der Waals surface area contributed by atoms with Gasteiger partial charge in [0.15, 0.2) is 11.6 Å². The van der Waals surface area contributed by atoms with E-state index in [1.54, 1.807) is 12.3 Å². The number of aromatic nitrogens is 2. The van der Waals surface area contributed by atoms with Crippen LogP contribution in [0.5, 0.6) is 0 Å². The van der Waals surface area contributed by atoms with Crippen LogP contribution < -0.4 is 0 Å². The van der Waals surface area contributed by atoms with Crippen molar-refractivity contribution in [2.24, 2.45) is 0 Å². The van der Waals surface area contributed by atoms with Crippen molar-refractivity contribution in [1.82, 2.24) is 9.97 Å². The second-order valence-electron chi connectivity index (χ2n) is 2.93. The highest BCUT2D eigenvalue weighted by Gasteiger charge is 2.09. The summed E-state index contributed by atoms with van der Waals surface area (Å²) in [4.78, 5) is 19.1. The Morgan fingerprint density at radius 1 is 1.47 bits per heavy atom. The van der Waals surface area contributed by atoms with Crippen molar-refractivity contribution in [2.45, 2.75) is 6.92 Å². The van der Waals surface area contributed by atoms with Gasteiger partial charge in [0, 0.05) is 18.7 Å². The van der Waals surface area contributed by atoms with Crippen LogP contribution in [0.1, 0.15) is 17.5 Å². The highest BCUT2D eigenvalue weighted by Crippen LogP contribution is 2.30. The SMILES string of the molecule is CC(=O)c1nccc(-c2ccsc2Cl)n1. The van der Waals surface area contributed by atoms with Gasteiger partial charge in [0.1, 0.15) is 4.34 Å². The van der Waals surface area contributed by atoms with Gasteiger partial charge in [-0.2, -0.15) is 0 Å². The van der Waals surface area contributed by atoms with E-state index in [1.165, 1.54) is 18.3 Å². The topological polar surface area (TPSA) is 42.9 Å². The Hall–Kier alpha value is -1.26. The van der Waals surface area contributed by atoms with Crippen molar-refractivity contribution in [3.8, 4) is 11.3 Å². The maximum absolute atomic E-state index is 11.1. The Morgan fingerprint density at radius 2 is 2.27 bits per heavy atom. The fourth-order valence-corrected chi connectivity index (χ4v) is 2.09. The lowest BCUT2D eigenvalue weighted by Crippen LogP contribution is -2.00. The third-order valence-corrected chi connectivity index (χ3v) is 3.03. The predicted molar refractivity (Wildman–Crippen MR) is 60.4 cm³/mol. The van der Waals surface area contributed by atoms with Crippen LogP contribution in [0.2, 0.25) is 4.34 Å². The summed E-state index contributed by atoms with van der Waals surface area (Å²) in [5.74, 6) is 0.0676. The number of nitrogens with zero attached hydrogens (tertiary/aromatic N) is 2. The van der Waals surface area contributed by atoms with Crippen LogP contribution in [0, 0.1) is 0 Å². The molecular formula is C10H7ClN2OS. The minimum absolute atomic E-state index is 0.150. The van der Waals surface area contributed by atoms with Gasteiger partial charge in [-0.15, -0.1) is 11.3 Å². The predicted octanol–water partition coefficient (Wildman–Crippen LogP) is 3.06. The molecule has 0 aliphatic heterocycles. The molecule has 5 heteroatoms. The third kappa shape index (κ3) is 2.06. The number of Topliss-reactive ketones (excluding diaryl/α,β-unsaturated/α-hetero) is 1. The molecule has 2 aromatic rings. The number of hydrogen-bond donors (Lipinski definition) is 0. The average molecular weight is 239 g/mol. The fraction of sp³-hybridized carbons (Fsp3) is 0.100. The van der Waals surface area contributed by atoms with Crippen LogP contribution in [-0.4, -0.2) is 15.8 Å². The molecule has 0 fully saturated rings. The zero-order valence-electron chi connectivity index (χ0n) is 7.90. The second kappa shape index (κ2) is 4.08. The lowest BCUT2D eigenvalue weighted by molar-refractivity contribution is 0.100. The summed E-state index contributed by atoms with van der Waals surface area (Å²) in [5, 5.41) is 1.88. The summed E-state index contributed by atoms with van der Waals surface area (Å²) < 4.78 is 0.670. The first kappa shape index (κ1) is 10.3. The number of rotatable bonds is 2. The Labute approximate surface area is 95.8 Å². The first-order valence-electron chi connectivity index (χ1n) is 4.26. The molecule has 0 N–H and O–H groups in total. The first-order valence-corrected chi connectivity index (χ1v) is 5.51. The molecule has 0 unspecified atom stereocenters. The molecule has 0 bridgehead atoms. The summed E-state index contributed by atoms with van der Waals surface area (Å²) in [7, 11) is 0. The van der Waals surface area contributed by atoms with Gasteiger partial charge in [0.2, 0.25) is 0 Å². The highest BCUT2D eigenvalue weighted by molar-refractivity contribution is 7.15. The molecule has 0 spiro atoms. The van der Waals surface area contributed by atoms with E-state index < -0.39 is 0 Å². The number of thiophene rings is 1. The molecule has 15 heavy (non-hydrogen) atoms. The monoisotopic (exact) mass is 238 g/mol. The van der Waals surface area contributed by atoms with Crippen molar-refractivity contribution in [3.63, 3.8) is 0 Å². The van der Waals surface area contributed by atoms with Gasteiger partial charge < -0.3 is 0 Å². The second-order valence-corrected chi connectivity index (χ2v) is 4.45. The standard InChI is InChI=1S/C10H7ClN2OS/c1-6(14)10-12-4-2-8(13-10)7-3-5-15-9(7)11/h2-5H,1H3. The summed E-state index contributed by atoms with van der Waals surface area (Å²) >= 11 is 7.41. The van der Waals surface area contributed by atoms with E-state index in [0.29, 0.717) is 10.0 Å². The molecule has 2 heterocycles. The first-order chi connectivity index (χ1) is 7.18. The molecule has 76 valence electrons. The van der Waals surface area contributed by atoms with Gasteiger partial charge in [0.05, 0.1) is 5.69 Å². The van der Waals surface area contributed by atoms with Crippen molar-refractivity contribution in [2.75, 3.05) is 0 Å². The van der Waals surface area contributed by atoms with E-state index in [0.717, 1.165) is 5.56 Å². The molecule has 0 radical (unpaired) electrons. The van der Waals surface area contributed by atoms with Crippen LogP contribution in [-0.2, 0) is 0 Å². The zero-order valence-corrected chi connectivity index (χ0v) is 9.47. The van der Waals surface area contributed by atoms with Crippen molar-refractivity contribution < 1.29 is 4.79 Å². The normalized spacial score (nSPS) is 10.3. The third-order valence-electron chi connectivity index (χ3n) is 1.86. The molecule has 0 saturated carbocycles. The number of carbonyl (C=O) groups excluding carboxylic acids is 1. The molecule has 0 amide bonds. The Balaban J connectivity index is 2.50. The molecular weight excluding hydrogens is 232 g/mol. The van der Waals surface area contributed by atoms with E-state index in [4.69, 9.17) is 11.6 Å². The Morgan fingerprint density at radius 3 is 2.87 bits per heavy atom. The molecule has 0 aliphatic carbocycles. The van der Waals surface area contributed by atoms with Gasteiger partial charge >= 0.3 is 0 Å². The van der Waals surface area contributed by atoms with E-state index in [2.05, 4.69) is 9.97 Å². The molecule has 0 saturated heterocycles. The van der Waals surface area contributed by atoms with Crippen molar-refractivity contribution >= 4 is 28.7 Å². The average Bonchev–Trinajstić information content (AvgIpc) is 2.64. The Kier molecular flexibility index (Phi) is 2.79. The van der Waals surface area contributed by atoms with E-state index in [-0.39, 0.29) is 11.6 Å². The van der Waals surface area contributed by atoms with Gasteiger partial charge in [-0.05, 0) is 17.5 Å². The van der Waals surface area contributed by atoms with Crippen molar-refractivity contribution in [1.29, 1.82) is 0 Å². The highest BCUT2D eigenvalue weighted by atomic mass is 35.5. The number of carbonyl (C=O) groups is 1. The molecule has 3 nitrogen and oxygen atoms in total. The summed E-state index contributed by atoms with van der Waals surface area (Å²) in [5.41, 5.74) is 1.52. The molecule has 0 aromatic carbocycles. The lowest BCUT2D eigenvalue weighted by Gasteiger charge is -1.99. The zero-order chi connectivity index (χ0) is 10.8. The summed E-state index contributed by atoms with van der Waals surface area (Å²) in [6, 6.07) is 3.61. The fourth-order valence-electron chi connectivity index (χ4n) is 1.16. The van der Waals surface area contributed by atoms with Gasteiger partial charge in [-0.1, -0.05) is 11.6 Å². The molecule has 0 aliphatic rings. The maximum Gasteiger partial charge on any atom is 0.196 e. The molecule has 2 rings (SSSR count). The summed E-state index contributed by atoms with van der Waals surface area (Å²) in [6.07, 6.45) is 1.56. The van der Waals surface area contributed by atoms with E-state index >= 15 is 0 Å². The quantitative estimate of drug-likeness (QED) is 0.756. The van der Waals surface area contributed by atoms with Crippen LogP contribution in [0.25, 0.3) is 11.3 Å². The molecule has 2 aromatic heterocycles. The number of ketones is 1. The van der Waals surface area contributed by atoms with E-state index in [9.17, 15) is 4.79 Å². The van der Waals surface area contributed by atoms with Crippen LogP contribution in [0.4, 0.5) is 0 Å². The smallest absolute Gasteiger partial charge is 0.196 e. The maximum atomic E-state index is 11.1. The lowest BCUT2D eigenvalue weighted by atomic mass is 10.2. The number of halogens is 1. The van der Waals surface area contributed by atoms with Crippen LogP contribution in [0.15, 0.2) is 23.7 Å². The van der Waals surface area contributed by atoms with Gasteiger partial charge in [0.25, 0.3) is 0 Å².